The zero-order chi connectivity index (χ0) is 19.1. The van der Waals surface area contributed by atoms with Crippen molar-refractivity contribution in [1.29, 1.82) is 5.26 Å². The first kappa shape index (κ1) is 19.2. The van der Waals surface area contributed by atoms with E-state index in [0.717, 1.165) is 5.56 Å². The standard InChI is InChI=1S/C20H17ClN2O3/c1-13-6-8-15(9-7-13)10-16(11-22)20(25)26-12-19(24)23-18-5-3-4-17(21)14(18)2/h3-10H,12H2,1-2H3,(H,23,24)/b16-10+. The molecular formula is C20H17ClN2O3. The molecule has 2 rings (SSSR count). The summed E-state index contributed by atoms with van der Waals surface area (Å²) in [6, 6.07) is 14.2. The number of hydrogen-bond donors (Lipinski definition) is 1. The van der Waals surface area contributed by atoms with Gasteiger partial charge in [-0.3, -0.25) is 4.79 Å². The van der Waals surface area contributed by atoms with Gasteiger partial charge < -0.3 is 10.1 Å². The van der Waals surface area contributed by atoms with Gasteiger partial charge in [0, 0.05) is 10.7 Å². The Labute approximate surface area is 156 Å². The maximum absolute atomic E-state index is 12.0. The quantitative estimate of drug-likeness (QED) is 0.490. The molecule has 1 amide bonds. The highest BCUT2D eigenvalue weighted by atomic mass is 35.5. The minimum atomic E-state index is -0.856. The van der Waals surface area contributed by atoms with E-state index in [9.17, 15) is 9.59 Å². The van der Waals surface area contributed by atoms with E-state index in [4.69, 9.17) is 21.6 Å². The molecule has 0 fully saturated rings. The topological polar surface area (TPSA) is 79.2 Å². The van der Waals surface area contributed by atoms with Crippen molar-refractivity contribution in [2.75, 3.05) is 11.9 Å². The van der Waals surface area contributed by atoms with E-state index in [0.29, 0.717) is 21.8 Å². The van der Waals surface area contributed by atoms with Gasteiger partial charge in [0.2, 0.25) is 0 Å². The normalized spacial score (nSPS) is 10.8. The van der Waals surface area contributed by atoms with Gasteiger partial charge in [-0.2, -0.15) is 5.26 Å². The molecule has 1 N–H and O–H groups in total. The zero-order valence-corrected chi connectivity index (χ0v) is 15.1. The molecule has 0 aromatic heterocycles. The van der Waals surface area contributed by atoms with Gasteiger partial charge in [0.1, 0.15) is 11.6 Å². The third kappa shape index (κ3) is 5.20. The van der Waals surface area contributed by atoms with Crippen molar-refractivity contribution in [3.8, 4) is 6.07 Å². The molecule has 6 heteroatoms. The molecule has 0 spiro atoms. The van der Waals surface area contributed by atoms with Crippen molar-refractivity contribution in [2.24, 2.45) is 0 Å². The van der Waals surface area contributed by atoms with Crippen LogP contribution >= 0.6 is 11.6 Å². The van der Waals surface area contributed by atoms with Gasteiger partial charge in [-0.15, -0.1) is 0 Å². The Balaban J connectivity index is 1.98. The van der Waals surface area contributed by atoms with Crippen LogP contribution in [0.4, 0.5) is 5.69 Å². The average Bonchev–Trinajstić information content (AvgIpc) is 2.63. The number of aryl methyl sites for hydroxylation is 1. The molecule has 0 aliphatic carbocycles. The Hall–Kier alpha value is -3.10. The predicted molar refractivity (Wildman–Crippen MR) is 101 cm³/mol. The van der Waals surface area contributed by atoms with Crippen LogP contribution in [-0.2, 0) is 14.3 Å². The number of carbonyl (C=O) groups excluding carboxylic acids is 2. The molecule has 26 heavy (non-hydrogen) atoms. The number of carbonyl (C=O) groups is 2. The Morgan fingerprint density at radius 1 is 1.19 bits per heavy atom. The van der Waals surface area contributed by atoms with Crippen LogP contribution in [0, 0.1) is 25.2 Å². The van der Waals surface area contributed by atoms with Gasteiger partial charge >= 0.3 is 5.97 Å². The summed E-state index contributed by atoms with van der Waals surface area (Å²) in [4.78, 5) is 24.0. The van der Waals surface area contributed by atoms with Crippen LogP contribution < -0.4 is 5.32 Å². The highest BCUT2D eigenvalue weighted by Crippen LogP contribution is 2.22. The van der Waals surface area contributed by atoms with Gasteiger partial charge in [0.05, 0.1) is 0 Å². The molecule has 0 unspecified atom stereocenters. The Morgan fingerprint density at radius 3 is 2.54 bits per heavy atom. The van der Waals surface area contributed by atoms with Crippen molar-refractivity contribution in [3.63, 3.8) is 0 Å². The second kappa shape index (κ2) is 8.84. The molecule has 0 radical (unpaired) electrons. The maximum atomic E-state index is 12.0. The highest BCUT2D eigenvalue weighted by Gasteiger charge is 2.14. The average molecular weight is 369 g/mol. The maximum Gasteiger partial charge on any atom is 0.349 e. The number of hydrogen-bond acceptors (Lipinski definition) is 4. The number of nitrogens with zero attached hydrogens (tertiary/aromatic N) is 1. The highest BCUT2D eigenvalue weighted by molar-refractivity contribution is 6.31. The summed E-state index contributed by atoms with van der Waals surface area (Å²) in [6.45, 7) is 3.20. The summed E-state index contributed by atoms with van der Waals surface area (Å²) < 4.78 is 4.92. The number of benzene rings is 2. The molecule has 0 aliphatic rings. The monoisotopic (exact) mass is 368 g/mol. The van der Waals surface area contributed by atoms with E-state index in [1.807, 2.05) is 19.1 Å². The number of amides is 1. The smallest absolute Gasteiger partial charge is 0.349 e. The molecule has 0 saturated heterocycles. The fourth-order valence-corrected chi connectivity index (χ4v) is 2.28. The Bertz CT molecular complexity index is 896. The van der Waals surface area contributed by atoms with Gasteiger partial charge in [-0.1, -0.05) is 47.5 Å². The van der Waals surface area contributed by atoms with Crippen LogP contribution in [0.2, 0.25) is 5.02 Å². The predicted octanol–water partition coefficient (Wildman–Crippen LogP) is 4.05. The van der Waals surface area contributed by atoms with Crippen LogP contribution in [0.15, 0.2) is 48.0 Å². The van der Waals surface area contributed by atoms with E-state index in [-0.39, 0.29) is 5.57 Å². The Morgan fingerprint density at radius 2 is 1.88 bits per heavy atom. The number of esters is 1. The van der Waals surface area contributed by atoms with Crippen molar-refractivity contribution >= 4 is 35.2 Å². The lowest BCUT2D eigenvalue weighted by Gasteiger charge is -2.09. The molecule has 2 aromatic carbocycles. The number of rotatable bonds is 5. The SMILES string of the molecule is Cc1ccc(/C=C(\C#N)C(=O)OCC(=O)Nc2cccc(Cl)c2C)cc1. The molecule has 0 bridgehead atoms. The molecule has 132 valence electrons. The van der Waals surface area contributed by atoms with Crippen LogP contribution in [-0.4, -0.2) is 18.5 Å². The third-order valence-corrected chi connectivity index (χ3v) is 4.01. The third-order valence-electron chi connectivity index (χ3n) is 3.60. The van der Waals surface area contributed by atoms with E-state index in [1.54, 1.807) is 43.3 Å². The van der Waals surface area contributed by atoms with Crippen molar-refractivity contribution < 1.29 is 14.3 Å². The van der Waals surface area contributed by atoms with E-state index >= 15 is 0 Å². The fourth-order valence-electron chi connectivity index (χ4n) is 2.10. The zero-order valence-electron chi connectivity index (χ0n) is 14.4. The molecule has 5 nitrogen and oxygen atoms in total. The lowest BCUT2D eigenvalue weighted by atomic mass is 10.1. The largest absolute Gasteiger partial charge is 0.451 e. The van der Waals surface area contributed by atoms with Crippen molar-refractivity contribution in [1.82, 2.24) is 0 Å². The van der Waals surface area contributed by atoms with Crippen molar-refractivity contribution in [2.45, 2.75) is 13.8 Å². The second-order valence-electron chi connectivity index (χ2n) is 5.62. The van der Waals surface area contributed by atoms with E-state index in [1.165, 1.54) is 6.08 Å². The molecule has 0 heterocycles. The van der Waals surface area contributed by atoms with Gasteiger partial charge in [0.15, 0.2) is 6.61 Å². The molecule has 2 aromatic rings. The van der Waals surface area contributed by atoms with Crippen LogP contribution in [0.5, 0.6) is 0 Å². The summed E-state index contributed by atoms with van der Waals surface area (Å²) in [5, 5.41) is 12.3. The first-order valence-electron chi connectivity index (χ1n) is 7.81. The minimum Gasteiger partial charge on any atom is -0.451 e. The number of halogens is 1. The van der Waals surface area contributed by atoms with E-state index < -0.39 is 18.5 Å². The number of nitrogens with one attached hydrogen (secondary N) is 1. The van der Waals surface area contributed by atoms with Crippen LogP contribution in [0.3, 0.4) is 0 Å². The minimum absolute atomic E-state index is 0.180. The van der Waals surface area contributed by atoms with Crippen molar-refractivity contribution in [3.05, 3.63) is 69.8 Å². The number of ether oxygens (including phenoxy) is 1. The second-order valence-corrected chi connectivity index (χ2v) is 6.02. The lowest BCUT2D eigenvalue weighted by Crippen LogP contribution is -2.21. The number of anilines is 1. The van der Waals surface area contributed by atoms with E-state index in [2.05, 4.69) is 5.32 Å². The summed E-state index contributed by atoms with van der Waals surface area (Å²) in [7, 11) is 0. The van der Waals surface area contributed by atoms with Gasteiger partial charge in [-0.25, -0.2) is 4.79 Å². The van der Waals surface area contributed by atoms with Crippen LogP contribution in [0.25, 0.3) is 6.08 Å². The number of nitriles is 1. The van der Waals surface area contributed by atoms with Gasteiger partial charge in [0.25, 0.3) is 5.91 Å². The molecule has 0 saturated carbocycles. The summed E-state index contributed by atoms with van der Waals surface area (Å²) in [5.41, 5.74) is 2.83. The molecular weight excluding hydrogens is 352 g/mol. The van der Waals surface area contributed by atoms with Gasteiger partial charge in [-0.05, 0) is 43.2 Å². The van der Waals surface area contributed by atoms with Crippen LogP contribution in [0.1, 0.15) is 16.7 Å². The fraction of sp³-hybridized carbons (Fsp3) is 0.150. The summed E-state index contributed by atoms with van der Waals surface area (Å²) in [6.07, 6.45) is 1.42. The first-order valence-corrected chi connectivity index (χ1v) is 8.19. The summed E-state index contributed by atoms with van der Waals surface area (Å²) >= 11 is 5.99. The summed E-state index contributed by atoms with van der Waals surface area (Å²) in [5.74, 6) is -1.37. The Kier molecular flexibility index (Phi) is 6.54. The molecule has 0 atom stereocenters. The molecule has 0 aliphatic heterocycles. The first-order chi connectivity index (χ1) is 12.4. The lowest BCUT2D eigenvalue weighted by molar-refractivity contribution is -0.142.